The van der Waals surface area contributed by atoms with E-state index in [-0.39, 0.29) is 6.04 Å². The molecule has 0 amide bonds. The molecule has 2 aromatic heterocycles. The minimum atomic E-state index is 0.111. The van der Waals surface area contributed by atoms with Crippen molar-refractivity contribution in [2.24, 2.45) is 0 Å². The maximum absolute atomic E-state index is 4.35. The topological polar surface area (TPSA) is 50.7 Å². The summed E-state index contributed by atoms with van der Waals surface area (Å²) in [7, 11) is 0. The Balaban J connectivity index is 2.34. The molecule has 0 saturated heterocycles. The van der Waals surface area contributed by atoms with Gasteiger partial charge < -0.3 is 5.32 Å². The average molecular weight is 242 g/mol. The molecule has 1 N–H and O–H groups in total. The lowest BCUT2D eigenvalue weighted by Gasteiger charge is -2.20. The van der Waals surface area contributed by atoms with Gasteiger partial charge in [-0.25, -0.2) is 9.97 Å². The summed E-state index contributed by atoms with van der Waals surface area (Å²) in [6.07, 6.45) is 8.16. The first-order valence-electron chi connectivity index (χ1n) is 6.22. The Hall–Kier alpha value is -1.81. The molecule has 4 nitrogen and oxygen atoms in total. The highest BCUT2D eigenvalue weighted by Crippen LogP contribution is 2.22. The number of nitrogens with one attached hydrogen (secondary N) is 1. The Labute approximate surface area is 108 Å². The van der Waals surface area contributed by atoms with E-state index in [0.717, 1.165) is 24.2 Å². The second-order valence-electron chi connectivity index (χ2n) is 4.24. The first-order valence-corrected chi connectivity index (χ1v) is 6.22. The molecule has 0 aliphatic rings. The van der Waals surface area contributed by atoms with Gasteiger partial charge in [0.15, 0.2) is 0 Å². The van der Waals surface area contributed by atoms with Gasteiger partial charge >= 0.3 is 0 Å². The van der Waals surface area contributed by atoms with E-state index in [1.54, 1.807) is 6.33 Å². The molecular formula is C14H18N4. The number of hydrogen-bond acceptors (Lipinski definition) is 4. The summed E-state index contributed by atoms with van der Waals surface area (Å²) in [4.78, 5) is 12.5. The Morgan fingerprint density at radius 3 is 2.72 bits per heavy atom. The van der Waals surface area contributed by atoms with Crippen LogP contribution in [-0.4, -0.2) is 21.5 Å². The molecule has 0 aromatic carbocycles. The Morgan fingerprint density at radius 2 is 2.06 bits per heavy atom. The smallest absolute Gasteiger partial charge is 0.115 e. The molecule has 0 spiro atoms. The highest BCUT2D eigenvalue weighted by molar-refractivity contribution is 5.31. The number of aromatic nitrogens is 3. The summed E-state index contributed by atoms with van der Waals surface area (Å²) < 4.78 is 0. The molecule has 1 unspecified atom stereocenters. The third-order valence-electron chi connectivity index (χ3n) is 2.87. The van der Waals surface area contributed by atoms with Gasteiger partial charge in [-0.3, -0.25) is 4.98 Å². The van der Waals surface area contributed by atoms with Gasteiger partial charge in [0.25, 0.3) is 0 Å². The van der Waals surface area contributed by atoms with Crippen LogP contribution >= 0.6 is 0 Å². The van der Waals surface area contributed by atoms with Gasteiger partial charge in [-0.05, 0) is 31.5 Å². The second kappa shape index (κ2) is 6.21. The molecule has 1 atom stereocenters. The quantitative estimate of drug-likeness (QED) is 0.873. The first kappa shape index (κ1) is 12.6. The molecule has 0 aliphatic carbocycles. The molecule has 94 valence electrons. The predicted octanol–water partition coefficient (Wildman–Crippen LogP) is 2.27. The standard InChI is InChI=1S/C14H18N4/c1-3-6-18-14(12-8-15-10-16-9-12)13-5-4-7-17-11(13)2/h4-5,7-10,14,18H,3,6H2,1-2H3. The molecule has 0 bridgehead atoms. The van der Waals surface area contributed by atoms with Gasteiger partial charge in [0.05, 0.1) is 6.04 Å². The van der Waals surface area contributed by atoms with Gasteiger partial charge in [-0.1, -0.05) is 13.0 Å². The SMILES string of the molecule is CCCNC(c1cncnc1)c1cccnc1C. The molecule has 0 aliphatic heterocycles. The van der Waals surface area contributed by atoms with Crippen molar-refractivity contribution in [2.75, 3.05) is 6.54 Å². The fraction of sp³-hybridized carbons (Fsp3) is 0.357. The highest BCUT2D eigenvalue weighted by atomic mass is 14.9. The fourth-order valence-electron chi connectivity index (χ4n) is 1.96. The van der Waals surface area contributed by atoms with Crippen LogP contribution in [-0.2, 0) is 0 Å². The van der Waals surface area contributed by atoms with Crippen LogP contribution in [0, 0.1) is 6.92 Å². The average Bonchev–Trinajstić information content (AvgIpc) is 2.42. The van der Waals surface area contributed by atoms with Crippen molar-refractivity contribution in [3.63, 3.8) is 0 Å². The van der Waals surface area contributed by atoms with Gasteiger partial charge in [0.1, 0.15) is 6.33 Å². The van der Waals surface area contributed by atoms with Crippen molar-refractivity contribution in [1.82, 2.24) is 20.3 Å². The summed E-state index contributed by atoms with van der Waals surface area (Å²) in [5.41, 5.74) is 3.29. The van der Waals surface area contributed by atoms with Crippen LogP contribution in [0.2, 0.25) is 0 Å². The van der Waals surface area contributed by atoms with Crippen LogP contribution in [0.1, 0.15) is 36.2 Å². The van der Waals surface area contributed by atoms with E-state index >= 15 is 0 Å². The Morgan fingerprint density at radius 1 is 1.28 bits per heavy atom. The Kier molecular flexibility index (Phi) is 4.36. The normalized spacial score (nSPS) is 12.3. The van der Waals surface area contributed by atoms with Crippen LogP contribution in [0.25, 0.3) is 0 Å². The van der Waals surface area contributed by atoms with Crippen molar-refractivity contribution >= 4 is 0 Å². The molecule has 2 aromatic rings. The summed E-state index contributed by atoms with van der Waals surface area (Å²) in [5.74, 6) is 0. The predicted molar refractivity (Wildman–Crippen MR) is 71.1 cm³/mol. The van der Waals surface area contributed by atoms with Gasteiger partial charge in [-0.2, -0.15) is 0 Å². The zero-order valence-electron chi connectivity index (χ0n) is 10.8. The molecule has 0 saturated carbocycles. The minimum Gasteiger partial charge on any atom is -0.306 e. The fourth-order valence-corrected chi connectivity index (χ4v) is 1.96. The van der Waals surface area contributed by atoms with E-state index < -0.39 is 0 Å². The lowest BCUT2D eigenvalue weighted by Crippen LogP contribution is -2.24. The van der Waals surface area contributed by atoms with Crippen molar-refractivity contribution in [1.29, 1.82) is 0 Å². The van der Waals surface area contributed by atoms with E-state index in [9.17, 15) is 0 Å². The van der Waals surface area contributed by atoms with Crippen molar-refractivity contribution in [3.05, 3.63) is 53.9 Å². The molecule has 2 rings (SSSR count). The summed E-state index contributed by atoms with van der Waals surface area (Å²) >= 11 is 0. The van der Waals surface area contributed by atoms with E-state index in [2.05, 4.69) is 33.3 Å². The lowest BCUT2D eigenvalue weighted by molar-refractivity contribution is 0.590. The maximum atomic E-state index is 4.35. The lowest BCUT2D eigenvalue weighted by atomic mass is 10.00. The summed E-state index contributed by atoms with van der Waals surface area (Å²) in [5, 5.41) is 3.52. The van der Waals surface area contributed by atoms with Crippen molar-refractivity contribution in [3.8, 4) is 0 Å². The van der Waals surface area contributed by atoms with Crippen molar-refractivity contribution < 1.29 is 0 Å². The monoisotopic (exact) mass is 242 g/mol. The number of aryl methyl sites for hydroxylation is 1. The van der Waals surface area contributed by atoms with Crippen molar-refractivity contribution in [2.45, 2.75) is 26.3 Å². The molecular weight excluding hydrogens is 224 g/mol. The zero-order valence-corrected chi connectivity index (χ0v) is 10.8. The van der Waals surface area contributed by atoms with Gasteiger partial charge in [0, 0.05) is 29.8 Å². The van der Waals surface area contributed by atoms with E-state index in [0.29, 0.717) is 0 Å². The van der Waals surface area contributed by atoms with Crippen LogP contribution in [0.5, 0.6) is 0 Å². The zero-order chi connectivity index (χ0) is 12.8. The largest absolute Gasteiger partial charge is 0.306 e. The van der Waals surface area contributed by atoms with E-state index in [1.807, 2.05) is 31.6 Å². The number of hydrogen-bond donors (Lipinski definition) is 1. The summed E-state index contributed by atoms with van der Waals surface area (Å²) in [6, 6.07) is 4.18. The summed E-state index contributed by atoms with van der Waals surface area (Å²) in [6.45, 7) is 5.13. The maximum Gasteiger partial charge on any atom is 0.115 e. The van der Waals surface area contributed by atoms with E-state index in [4.69, 9.17) is 0 Å². The highest BCUT2D eigenvalue weighted by Gasteiger charge is 2.16. The third kappa shape index (κ3) is 2.90. The van der Waals surface area contributed by atoms with Gasteiger partial charge in [0.2, 0.25) is 0 Å². The van der Waals surface area contributed by atoms with Crippen LogP contribution < -0.4 is 5.32 Å². The Bertz CT molecular complexity index is 484. The third-order valence-corrected chi connectivity index (χ3v) is 2.87. The minimum absolute atomic E-state index is 0.111. The van der Waals surface area contributed by atoms with Crippen LogP contribution in [0.3, 0.4) is 0 Å². The molecule has 0 fully saturated rings. The molecule has 0 radical (unpaired) electrons. The molecule has 2 heterocycles. The van der Waals surface area contributed by atoms with Gasteiger partial charge in [-0.15, -0.1) is 0 Å². The number of nitrogens with zero attached hydrogens (tertiary/aromatic N) is 3. The van der Waals surface area contributed by atoms with Crippen LogP contribution in [0.15, 0.2) is 37.1 Å². The number of pyridine rings is 1. The molecule has 4 heteroatoms. The number of rotatable bonds is 5. The second-order valence-corrected chi connectivity index (χ2v) is 4.24. The first-order chi connectivity index (χ1) is 8.83. The van der Waals surface area contributed by atoms with Crippen LogP contribution in [0.4, 0.5) is 0 Å². The molecule has 18 heavy (non-hydrogen) atoms. The van der Waals surface area contributed by atoms with E-state index in [1.165, 1.54) is 5.56 Å².